The molecule has 25 heavy (non-hydrogen) atoms. The number of aromatic amines is 1. The Hall–Kier alpha value is -3.06. The van der Waals surface area contributed by atoms with E-state index in [4.69, 9.17) is 0 Å². The molecule has 1 atom stereocenters. The van der Waals surface area contributed by atoms with Crippen molar-refractivity contribution in [2.24, 2.45) is 0 Å². The predicted octanol–water partition coefficient (Wildman–Crippen LogP) is 6.32. The number of aryl methyl sites for hydroxylation is 1. The molecule has 1 heterocycles. The molecule has 3 aromatic carbocycles. The van der Waals surface area contributed by atoms with Crippen molar-refractivity contribution in [1.82, 2.24) is 4.98 Å². The van der Waals surface area contributed by atoms with Crippen LogP contribution in [0.15, 0.2) is 91.1 Å². The number of hydrogen-bond donors (Lipinski definition) is 1. The van der Waals surface area contributed by atoms with Crippen molar-refractivity contribution in [2.75, 3.05) is 0 Å². The summed E-state index contributed by atoms with van der Waals surface area (Å²) in [6, 6.07) is 27.6. The standard InChI is InChI=1S/C24H21N/c1-18-9-8-14-23-24(18)22(17-25-23)21(20-12-6-3-7-13-20)16-15-19-10-4-2-5-11-19/h2-17,21,25H,1H3/b16-15+/t21-/m1/s1. The zero-order chi connectivity index (χ0) is 17.1. The highest BCUT2D eigenvalue weighted by Gasteiger charge is 2.16. The summed E-state index contributed by atoms with van der Waals surface area (Å²) >= 11 is 0. The molecule has 0 aliphatic heterocycles. The maximum absolute atomic E-state index is 3.44. The van der Waals surface area contributed by atoms with E-state index in [2.05, 4.69) is 109 Å². The Labute approximate surface area is 148 Å². The molecule has 0 radical (unpaired) electrons. The van der Waals surface area contributed by atoms with Crippen molar-refractivity contribution in [1.29, 1.82) is 0 Å². The fraction of sp³-hybridized carbons (Fsp3) is 0.0833. The van der Waals surface area contributed by atoms with Gasteiger partial charge in [-0.2, -0.15) is 0 Å². The lowest BCUT2D eigenvalue weighted by Crippen LogP contribution is -1.97. The predicted molar refractivity (Wildman–Crippen MR) is 107 cm³/mol. The van der Waals surface area contributed by atoms with Crippen molar-refractivity contribution < 1.29 is 0 Å². The molecule has 1 N–H and O–H groups in total. The molecule has 0 bridgehead atoms. The molecular weight excluding hydrogens is 302 g/mol. The minimum Gasteiger partial charge on any atom is -0.361 e. The van der Waals surface area contributed by atoms with Crippen LogP contribution in [0.2, 0.25) is 0 Å². The molecule has 1 nitrogen and oxygen atoms in total. The molecule has 0 aliphatic carbocycles. The van der Waals surface area contributed by atoms with E-state index in [0.29, 0.717) is 0 Å². The highest BCUT2D eigenvalue weighted by Crippen LogP contribution is 2.34. The molecule has 0 amide bonds. The first-order valence-corrected chi connectivity index (χ1v) is 8.68. The topological polar surface area (TPSA) is 15.8 Å². The summed E-state index contributed by atoms with van der Waals surface area (Å²) in [7, 11) is 0. The van der Waals surface area contributed by atoms with Gasteiger partial charge in [0.1, 0.15) is 0 Å². The molecule has 0 spiro atoms. The second-order valence-electron chi connectivity index (χ2n) is 6.40. The minimum atomic E-state index is 0.219. The number of fused-ring (bicyclic) bond motifs is 1. The van der Waals surface area contributed by atoms with Crippen LogP contribution in [-0.4, -0.2) is 4.98 Å². The molecule has 4 rings (SSSR count). The maximum Gasteiger partial charge on any atom is 0.0459 e. The minimum absolute atomic E-state index is 0.219. The first kappa shape index (κ1) is 15.5. The lowest BCUT2D eigenvalue weighted by atomic mass is 9.89. The van der Waals surface area contributed by atoms with Crippen LogP contribution in [0.25, 0.3) is 17.0 Å². The molecular formula is C24H21N. The van der Waals surface area contributed by atoms with Gasteiger partial charge >= 0.3 is 0 Å². The molecule has 1 heteroatoms. The summed E-state index contributed by atoms with van der Waals surface area (Å²) in [6.07, 6.45) is 6.68. The average Bonchev–Trinajstić information content (AvgIpc) is 3.09. The highest BCUT2D eigenvalue weighted by atomic mass is 14.7. The van der Waals surface area contributed by atoms with Crippen LogP contribution in [0.1, 0.15) is 28.2 Å². The molecule has 4 aromatic rings. The van der Waals surface area contributed by atoms with E-state index >= 15 is 0 Å². The van der Waals surface area contributed by atoms with Crippen molar-refractivity contribution in [2.45, 2.75) is 12.8 Å². The molecule has 0 saturated heterocycles. The second-order valence-corrected chi connectivity index (χ2v) is 6.40. The molecule has 0 aliphatic rings. The van der Waals surface area contributed by atoms with Gasteiger partial charge in [0.25, 0.3) is 0 Å². The van der Waals surface area contributed by atoms with Gasteiger partial charge in [-0.1, -0.05) is 84.9 Å². The number of allylic oxidation sites excluding steroid dienone is 1. The normalized spacial score (nSPS) is 12.7. The third-order valence-electron chi connectivity index (χ3n) is 4.72. The quantitative estimate of drug-likeness (QED) is 0.452. The Bertz CT molecular complexity index is 994. The van der Waals surface area contributed by atoms with Gasteiger partial charge in [-0.3, -0.25) is 0 Å². The van der Waals surface area contributed by atoms with Gasteiger partial charge in [-0.15, -0.1) is 0 Å². The Morgan fingerprint density at radius 2 is 1.52 bits per heavy atom. The Kier molecular flexibility index (Phi) is 4.22. The largest absolute Gasteiger partial charge is 0.361 e. The number of benzene rings is 3. The fourth-order valence-electron chi connectivity index (χ4n) is 3.47. The lowest BCUT2D eigenvalue weighted by Gasteiger charge is -2.14. The Morgan fingerprint density at radius 1 is 0.800 bits per heavy atom. The first-order valence-electron chi connectivity index (χ1n) is 8.68. The summed E-state index contributed by atoms with van der Waals surface area (Å²) in [5.41, 5.74) is 6.36. The smallest absolute Gasteiger partial charge is 0.0459 e. The molecule has 1 aromatic heterocycles. The van der Waals surface area contributed by atoms with Gasteiger partial charge in [0.15, 0.2) is 0 Å². The van der Waals surface area contributed by atoms with Crippen molar-refractivity contribution in [3.63, 3.8) is 0 Å². The number of nitrogens with one attached hydrogen (secondary N) is 1. The number of hydrogen-bond acceptors (Lipinski definition) is 0. The van der Waals surface area contributed by atoms with Crippen molar-refractivity contribution in [3.05, 3.63) is 113 Å². The summed E-state index contributed by atoms with van der Waals surface area (Å²) in [5, 5.41) is 1.33. The summed E-state index contributed by atoms with van der Waals surface area (Å²) in [4.78, 5) is 3.44. The third kappa shape index (κ3) is 3.14. The highest BCUT2D eigenvalue weighted by molar-refractivity contribution is 5.87. The molecule has 0 fully saturated rings. The van der Waals surface area contributed by atoms with Crippen molar-refractivity contribution in [3.8, 4) is 0 Å². The van der Waals surface area contributed by atoms with E-state index in [-0.39, 0.29) is 5.92 Å². The van der Waals surface area contributed by atoms with E-state index in [1.807, 2.05) is 0 Å². The molecule has 0 unspecified atom stereocenters. The average molecular weight is 323 g/mol. The Balaban J connectivity index is 1.84. The van der Waals surface area contributed by atoms with Crippen LogP contribution in [0.5, 0.6) is 0 Å². The van der Waals surface area contributed by atoms with Crippen LogP contribution in [0.4, 0.5) is 0 Å². The fourth-order valence-corrected chi connectivity index (χ4v) is 3.47. The van der Waals surface area contributed by atoms with E-state index in [1.54, 1.807) is 0 Å². The maximum atomic E-state index is 3.44. The van der Waals surface area contributed by atoms with Crippen LogP contribution >= 0.6 is 0 Å². The van der Waals surface area contributed by atoms with Gasteiger partial charge in [0, 0.05) is 23.0 Å². The van der Waals surface area contributed by atoms with Gasteiger partial charge in [0.2, 0.25) is 0 Å². The van der Waals surface area contributed by atoms with Gasteiger partial charge in [-0.25, -0.2) is 0 Å². The number of H-pyrrole nitrogens is 1. The van der Waals surface area contributed by atoms with Crippen LogP contribution in [0.3, 0.4) is 0 Å². The summed E-state index contributed by atoms with van der Waals surface area (Å²) < 4.78 is 0. The SMILES string of the molecule is Cc1cccc2[nH]cc([C@H](/C=C/c3ccccc3)c3ccccc3)c12. The zero-order valence-corrected chi connectivity index (χ0v) is 14.3. The van der Waals surface area contributed by atoms with E-state index in [0.717, 1.165) is 0 Å². The van der Waals surface area contributed by atoms with Gasteiger partial charge in [-0.05, 0) is 35.2 Å². The Morgan fingerprint density at radius 3 is 2.28 bits per heavy atom. The van der Waals surface area contributed by atoms with Gasteiger partial charge < -0.3 is 4.98 Å². The summed E-state index contributed by atoms with van der Waals surface area (Å²) in [6.45, 7) is 2.18. The lowest BCUT2D eigenvalue weighted by molar-refractivity contribution is 1.04. The molecule has 0 saturated carbocycles. The van der Waals surface area contributed by atoms with Crippen LogP contribution < -0.4 is 0 Å². The zero-order valence-electron chi connectivity index (χ0n) is 14.3. The monoisotopic (exact) mass is 323 g/mol. The second kappa shape index (κ2) is 6.82. The van der Waals surface area contributed by atoms with E-state index in [9.17, 15) is 0 Å². The van der Waals surface area contributed by atoms with Crippen molar-refractivity contribution >= 4 is 17.0 Å². The van der Waals surface area contributed by atoms with Crippen LogP contribution in [0, 0.1) is 6.92 Å². The van der Waals surface area contributed by atoms with E-state index in [1.165, 1.54) is 33.2 Å². The molecule has 122 valence electrons. The third-order valence-corrected chi connectivity index (χ3v) is 4.72. The van der Waals surface area contributed by atoms with E-state index < -0.39 is 0 Å². The van der Waals surface area contributed by atoms with Gasteiger partial charge in [0.05, 0.1) is 0 Å². The summed E-state index contributed by atoms with van der Waals surface area (Å²) in [5.74, 6) is 0.219. The number of rotatable bonds is 4. The van der Waals surface area contributed by atoms with Crippen LogP contribution in [-0.2, 0) is 0 Å². The first-order chi connectivity index (χ1) is 12.3. The number of aromatic nitrogens is 1.